The van der Waals surface area contributed by atoms with Crippen molar-refractivity contribution in [3.63, 3.8) is 0 Å². The van der Waals surface area contributed by atoms with E-state index >= 15 is 0 Å². The van der Waals surface area contributed by atoms with Crippen molar-refractivity contribution >= 4 is 5.91 Å². The van der Waals surface area contributed by atoms with Gasteiger partial charge < -0.3 is 15.4 Å². The van der Waals surface area contributed by atoms with Crippen LogP contribution in [0.3, 0.4) is 0 Å². The molecule has 4 nitrogen and oxygen atoms in total. The molecule has 3 unspecified atom stereocenters. The second kappa shape index (κ2) is 9.77. The van der Waals surface area contributed by atoms with E-state index in [1.165, 1.54) is 12.1 Å². The van der Waals surface area contributed by atoms with Crippen LogP contribution in [0.4, 0.5) is 30.7 Å². The lowest BCUT2D eigenvalue weighted by molar-refractivity contribution is -0.143. The molecule has 0 aliphatic carbocycles. The van der Waals surface area contributed by atoms with E-state index in [-0.39, 0.29) is 35.9 Å². The molecule has 2 aliphatic heterocycles. The highest BCUT2D eigenvalue weighted by Gasteiger charge is 2.50. The molecule has 3 atom stereocenters. The Morgan fingerprint density at radius 1 is 1.06 bits per heavy atom. The van der Waals surface area contributed by atoms with Crippen LogP contribution in [0.1, 0.15) is 42.0 Å². The fourth-order valence-electron chi connectivity index (χ4n) is 4.26. The Morgan fingerprint density at radius 3 is 2.11 bits per heavy atom. The van der Waals surface area contributed by atoms with Crippen LogP contribution in [0.25, 0.3) is 0 Å². The zero-order valence-electron chi connectivity index (χ0n) is 19.0. The molecule has 2 aromatic carbocycles. The lowest BCUT2D eigenvalue weighted by Gasteiger charge is -2.20. The number of fused-ring (bicyclic) bond motifs is 1. The lowest BCUT2D eigenvalue weighted by atomic mass is 9.97. The van der Waals surface area contributed by atoms with Crippen molar-refractivity contribution in [2.24, 2.45) is 5.73 Å². The summed E-state index contributed by atoms with van der Waals surface area (Å²) in [6.45, 7) is 3.31. The molecule has 0 bridgehead atoms. The molecule has 0 radical (unpaired) electrons. The smallest absolute Gasteiger partial charge is 0.372 e. The number of nitrogens with two attached hydrogens (primary N) is 1. The highest BCUT2D eigenvalue weighted by atomic mass is 19.4. The molecular formula is C24H25F7N2O2. The lowest BCUT2D eigenvalue weighted by Crippen LogP contribution is -2.45. The number of hydrogen-bond acceptors (Lipinski definition) is 3. The first-order chi connectivity index (χ1) is 16.1. The normalized spacial score (nSPS) is 24.3. The van der Waals surface area contributed by atoms with Crippen molar-refractivity contribution < 1.29 is 40.3 Å². The molecule has 11 heteroatoms. The van der Waals surface area contributed by atoms with Crippen LogP contribution in [-0.4, -0.2) is 35.0 Å². The van der Waals surface area contributed by atoms with Crippen molar-refractivity contribution in [1.82, 2.24) is 4.90 Å². The third kappa shape index (κ3) is 6.72. The first-order valence-corrected chi connectivity index (χ1v) is 10.8. The van der Waals surface area contributed by atoms with Gasteiger partial charge in [0.1, 0.15) is 5.82 Å². The van der Waals surface area contributed by atoms with E-state index < -0.39 is 41.7 Å². The summed E-state index contributed by atoms with van der Waals surface area (Å²) in [7, 11) is 0. The van der Waals surface area contributed by atoms with Gasteiger partial charge in [0.15, 0.2) is 0 Å². The van der Waals surface area contributed by atoms with Crippen molar-refractivity contribution in [2.75, 3.05) is 6.54 Å². The van der Waals surface area contributed by atoms with E-state index in [0.717, 1.165) is 5.56 Å². The van der Waals surface area contributed by atoms with Gasteiger partial charge in [-0.25, -0.2) is 4.39 Å². The Bertz CT molecular complexity index is 1020. The fraction of sp³-hybridized carbons (Fsp3) is 0.458. The molecule has 0 saturated carbocycles. The topological polar surface area (TPSA) is 55.6 Å². The number of ether oxygens (including phenoxy) is 1. The van der Waals surface area contributed by atoms with Gasteiger partial charge in [-0.15, -0.1) is 0 Å². The van der Waals surface area contributed by atoms with Crippen molar-refractivity contribution in [1.29, 1.82) is 0 Å². The third-order valence-corrected chi connectivity index (χ3v) is 5.90. The van der Waals surface area contributed by atoms with Crippen molar-refractivity contribution in [2.45, 2.75) is 63.3 Å². The summed E-state index contributed by atoms with van der Waals surface area (Å²) in [4.78, 5) is 13.7. The number of carbonyl (C=O) groups excluding carboxylic acids is 1. The number of hydrogen-bond donors (Lipinski definition) is 1. The van der Waals surface area contributed by atoms with Crippen LogP contribution >= 0.6 is 0 Å². The maximum absolute atomic E-state index is 12.9. The first-order valence-electron chi connectivity index (χ1n) is 10.8. The zero-order valence-corrected chi connectivity index (χ0v) is 19.0. The second-order valence-electron chi connectivity index (χ2n) is 9.11. The number of rotatable bonds is 3. The molecule has 4 rings (SSSR count). The van der Waals surface area contributed by atoms with Gasteiger partial charge in [-0.1, -0.05) is 12.1 Å². The summed E-state index contributed by atoms with van der Waals surface area (Å²) in [6.07, 6.45) is -9.37. The predicted octanol–water partition coefficient (Wildman–Crippen LogP) is 5.47. The number of halogens is 7. The van der Waals surface area contributed by atoms with Gasteiger partial charge in [-0.05, 0) is 68.1 Å². The summed E-state index contributed by atoms with van der Waals surface area (Å²) in [5.74, 6) is -0.387. The number of aryl methyl sites for hydroxylation is 1. The Labute approximate surface area is 197 Å². The zero-order chi connectivity index (χ0) is 26.2. The predicted molar refractivity (Wildman–Crippen MR) is 113 cm³/mol. The summed E-state index contributed by atoms with van der Waals surface area (Å²) in [5, 5.41) is 0. The maximum Gasteiger partial charge on any atom is 0.416 e. The Kier molecular flexibility index (Phi) is 7.52. The molecule has 0 aromatic heterocycles. The molecule has 2 N–H and O–H groups in total. The maximum atomic E-state index is 12.9. The van der Waals surface area contributed by atoms with Crippen LogP contribution in [0.5, 0.6) is 0 Å². The van der Waals surface area contributed by atoms with Gasteiger partial charge in [-0.3, -0.25) is 4.79 Å². The molecule has 2 aromatic rings. The average Bonchev–Trinajstić information content (AvgIpc) is 3.20. The summed E-state index contributed by atoms with van der Waals surface area (Å²) in [5.41, 5.74) is 2.93. The van der Waals surface area contributed by atoms with E-state index in [4.69, 9.17) is 10.5 Å². The van der Waals surface area contributed by atoms with Gasteiger partial charge in [0.2, 0.25) is 5.91 Å². The van der Waals surface area contributed by atoms with Crippen molar-refractivity contribution in [3.8, 4) is 0 Å². The fourth-order valence-corrected chi connectivity index (χ4v) is 4.26. The van der Waals surface area contributed by atoms with E-state index in [0.29, 0.717) is 25.0 Å². The second-order valence-corrected chi connectivity index (χ2v) is 9.11. The number of amides is 1. The Hall–Kier alpha value is -2.66. The molecule has 2 aliphatic rings. The Balaban J connectivity index is 0.000000363. The molecular weight excluding hydrogens is 481 g/mol. The number of nitrogens with zero attached hydrogens (tertiary/aromatic N) is 1. The minimum Gasteiger partial charge on any atom is -0.372 e. The van der Waals surface area contributed by atoms with Crippen LogP contribution in [0.2, 0.25) is 0 Å². The number of benzene rings is 2. The van der Waals surface area contributed by atoms with Gasteiger partial charge >= 0.3 is 12.4 Å². The highest BCUT2D eigenvalue weighted by Crippen LogP contribution is 2.38. The Morgan fingerprint density at radius 2 is 1.66 bits per heavy atom. The summed E-state index contributed by atoms with van der Waals surface area (Å²) < 4.78 is 95.0. The molecule has 2 heterocycles. The van der Waals surface area contributed by atoms with Crippen LogP contribution in [-0.2, 0) is 28.5 Å². The molecule has 0 spiro atoms. The van der Waals surface area contributed by atoms with Crippen LogP contribution in [0.15, 0.2) is 42.5 Å². The van der Waals surface area contributed by atoms with Crippen molar-refractivity contribution in [3.05, 3.63) is 70.5 Å². The molecule has 2 saturated heterocycles. The molecule has 35 heavy (non-hydrogen) atoms. The van der Waals surface area contributed by atoms with Gasteiger partial charge in [0.05, 0.1) is 29.4 Å². The van der Waals surface area contributed by atoms with E-state index in [1.807, 2.05) is 13.0 Å². The monoisotopic (exact) mass is 506 g/mol. The van der Waals surface area contributed by atoms with E-state index in [9.17, 15) is 35.5 Å². The van der Waals surface area contributed by atoms with Gasteiger partial charge in [0.25, 0.3) is 0 Å². The number of carbonyl (C=O) groups is 1. The van der Waals surface area contributed by atoms with Crippen LogP contribution in [0, 0.1) is 12.7 Å². The molecule has 2 fully saturated rings. The average molecular weight is 506 g/mol. The van der Waals surface area contributed by atoms with Gasteiger partial charge in [-0.2, -0.15) is 26.3 Å². The largest absolute Gasteiger partial charge is 0.416 e. The van der Waals surface area contributed by atoms with E-state index in [2.05, 4.69) is 0 Å². The third-order valence-electron chi connectivity index (χ3n) is 5.90. The van der Waals surface area contributed by atoms with E-state index in [1.54, 1.807) is 17.9 Å². The van der Waals surface area contributed by atoms with Gasteiger partial charge in [0, 0.05) is 12.6 Å². The first kappa shape index (κ1) is 26.9. The minimum atomic E-state index is -4.90. The summed E-state index contributed by atoms with van der Waals surface area (Å²) >= 11 is 0. The SMILES string of the molecule is CC1(N)CC2CC(OCc3cc(C(F)(F)F)cc(C(F)(F)F)c3)CN2C1=O.Cc1cccc(F)c1. The molecule has 192 valence electrons. The number of alkyl halides is 6. The highest BCUT2D eigenvalue weighted by molar-refractivity contribution is 5.88. The van der Waals surface area contributed by atoms with Crippen LogP contribution < -0.4 is 5.73 Å². The standard InChI is InChI=1S/C17H18F6N2O2.C7H7F/c1-15(24)6-12-5-13(7-25(12)14(15)26)27-8-9-2-10(16(18,19)20)4-11(3-9)17(21,22)23;1-6-3-2-4-7(8)5-6/h2-4,12-13H,5-8,24H2,1H3;2-5H,1H3. The molecule has 1 amide bonds. The minimum absolute atomic E-state index is 0.0793. The quantitative estimate of drug-likeness (QED) is 0.563. The summed E-state index contributed by atoms with van der Waals surface area (Å²) in [6, 6.07) is 7.75.